The highest BCUT2D eigenvalue weighted by atomic mass is 32.2. The minimum Gasteiger partial charge on any atom is -0.431 e. The highest BCUT2D eigenvalue weighted by molar-refractivity contribution is 7.98. The standard InChI is InChI=1S/C23H16N2O2S/c1-2-16-8-7-10-18(14-16)24-22(26)19-11-4-3-9-17(19)15-28-23-25-20-12-5-6-13-21(20)27-23/h1,3-14H,15H2,(H,24,26). The van der Waals surface area contributed by atoms with Gasteiger partial charge in [-0.3, -0.25) is 4.79 Å². The van der Waals surface area contributed by atoms with E-state index in [1.54, 1.807) is 6.07 Å². The quantitative estimate of drug-likeness (QED) is 0.372. The summed E-state index contributed by atoms with van der Waals surface area (Å²) >= 11 is 1.46. The second-order valence-corrected chi connectivity index (χ2v) is 7.00. The largest absolute Gasteiger partial charge is 0.431 e. The summed E-state index contributed by atoms with van der Waals surface area (Å²) in [6.07, 6.45) is 5.43. The van der Waals surface area contributed by atoms with Crippen LogP contribution in [0.3, 0.4) is 0 Å². The van der Waals surface area contributed by atoms with Crippen LogP contribution in [0.25, 0.3) is 11.1 Å². The molecule has 0 radical (unpaired) electrons. The first-order valence-electron chi connectivity index (χ1n) is 8.67. The number of hydrogen-bond donors (Lipinski definition) is 1. The van der Waals surface area contributed by atoms with Gasteiger partial charge in [0.2, 0.25) is 0 Å². The van der Waals surface area contributed by atoms with Crippen LogP contribution in [0.15, 0.2) is 82.4 Å². The van der Waals surface area contributed by atoms with Crippen molar-refractivity contribution in [3.63, 3.8) is 0 Å². The second-order valence-electron chi connectivity index (χ2n) is 6.07. The predicted octanol–water partition coefficient (Wildman–Crippen LogP) is 5.35. The van der Waals surface area contributed by atoms with Gasteiger partial charge in [-0.25, -0.2) is 4.98 Å². The number of amides is 1. The van der Waals surface area contributed by atoms with Crippen LogP contribution in [-0.4, -0.2) is 10.9 Å². The third-order valence-corrected chi connectivity index (χ3v) is 5.05. The maximum absolute atomic E-state index is 12.8. The number of para-hydroxylation sites is 2. The Bertz CT molecular complexity index is 1160. The molecule has 28 heavy (non-hydrogen) atoms. The smallest absolute Gasteiger partial charge is 0.257 e. The molecule has 0 bridgehead atoms. The van der Waals surface area contributed by atoms with Crippen molar-refractivity contribution in [2.75, 3.05) is 5.32 Å². The zero-order valence-electron chi connectivity index (χ0n) is 14.9. The summed E-state index contributed by atoms with van der Waals surface area (Å²) in [5, 5.41) is 3.49. The van der Waals surface area contributed by atoms with E-state index < -0.39 is 0 Å². The highest BCUT2D eigenvalue weighted by Crippen LogP contribution is 2.27. The lowest BCUT2D eigenvalue weighted by Gasteiger charge is -2.10. The van der Waals surface area contributed by atoms with E-state index in [2.05, 4.69) is 16.2 Å². The third-order valence-electron chi connectivity index (χ3n) is 4.17. The number of oxazole rings is 1. The second kappa shape index (κ2) is 8.03. The zero-order valence-corrected chi connectivity index (χ0v) is 15.7. The summed E-state index contributed by atoms with van der Waals surface area (Å²) in [4.78, 5) is 17.2. The van der Waals surface area contributed by atoms with E-state index in [-0.39, 0.29) is 5.91 Å². The molecule has 4 rings (SSSR count). The molecule has 5 heteroatoms. The first-order valence-corrected chi connectivity index (χ1v) is 9.66. The number of fused-ring (bicyclic) bond motifs is 1. The van der Waals surface area contributed by atoms with Gasteiger partial charge in [0, 0.05) is 22.6 Å². The Morgan fingerprint density at radius 1 is 1.07 bits per heavy atom. The van der Waals surface area contributed by atoms with Crippen molar-refractivity contribution in [2.45, 2.75) is 11.0 Å². The SMILES string of the molecule is C#Cc1cccc(NC(=O)c2ccccc2CSc2nc3ccccc3o2)c1. The molecule has 0 aliphatic carbocycles. The number of benzene rings is 3. The lowest BCUT2D eigenvalue weighted by atomic mass is 10.1. The van der Waals surface area contributed by atoms with Crippen molar-refractivity contribution >= 4 is 34.5 Å². The van der Waals surface area contributed by atoms with E-state index in [9.17, 15) is 4.79 Å². The number of hydrogen-bond acceptors (Lipinski definition) is 4. The normalized spacial score (nSPS) is 10.5. The Morgan fingerprint density at radius 2 is 1.89 bits per heavy atom. The van der Waals surface area contributed by atoms with Crippen LogP contribution in [-0.2, 0) is 5.75 Å². The van der Waals surface area contributed by atoms with Gasteiger partial charge in [-0.05, 0) is 42.0 Å². The number of carbonyl (C=O) groups is 1. The van der Waals surface area contributed by atoms with Gasteiger partial charge >= 0.3 is 0 Å². The topological polar surface area (TPSA) is 55.1 Å². The molecule has 4 aromatic rings. The van der Waals surface area contributed by atoms with E-state index in [1.165, 1.54) is 11.8 Å². The molecule has 1 aromatic heterocycles. The van der Waals surface area contributed by atoms with Crippen LogP contribution in [0, 0.1) is 12.3 Å². The van der Waals surface area contributed by atoms with Gasteiger partial charge in [-0.15, -0.1) is 6.42 Å². The summed E-state index contributed by atoms with van der Waals surface area (Å²) in [6.45, 7) is 0. The van der Waals surface area contributed by atoms with Crippen LogP contribution in [0.2, 0.25) is 0 Å². The Kier molecular flexibility index (Phi) is 5.14. The molecule has 3 aromatic carbocycles. The van der Waals surface area contributed by atoms with Gasteiger partial charge in [0.1, 0.15) is 5.52 Å². The molecule has 136 valence electrons. The van der Waals surface area contributed by atoms with Gasteiger partial charge in [-0.1, -0.05) is 54.1 Å². The van der Waals surface area contributed by atoms with Gasteiger partial charge in [0.25, 0.3) is 11.1 Å². The molecule has 4 nitrogen and oxygen atoms in total. The molecule has 0 aliphatic rings. The van der Waals surface area contributed by atoms with Crippen molar-refractivity contribution in [1.82, 2.24) is 4.98 Å². The van der Waals surface area contributed by atoms with Crippen molar-refractivity contribution in [2.24, 2.45) is 0 Å². The summed E-state index contributed by atoms with van der Waals surface area (Å²) in [5.41, 5.74) is 4.48. The molecule has 1 amide bonds. The molecule has 0 unspecified atom stereocenters. The van der Waals surface area contributed by atoms with Gasteiger partial charge in [0.15, 0.2) is 5.58 Å². The van der Waals surface area contributed by atoms with Crippen molar-refractivity contribution < 1.29 is 9.21 Å². The van der Waals surface area contributed by atoms with E-state index in [0.29, 0.717) is 22.2 Å². The number of anilines is 1. The fourth-order valence-corrected chi connectivity index (χ4v) is 3.65. The Hall–Kier alpha value is -3.49. The lowest BCUT2D eigenvalue weighted by molar-refractivity contribution is 0.102. The molecule has 0 atom stereocenters. The summed E-state index contributed by atoms with van der Waals surface area (Å²) in [6, 6.07) is 22.4. The minimum absolute atomic E-state index is 0.178. The Morgan fingerprint density at radius 3 is 2.75 bits per heavy atom. The number of aromatic nitrogens is 1. The highest BCUT2D eigenvalue weighted by Gasteiger charge is 2.13. The maximum Gasteiger partial charge on any atom is 0.257 e. The average Bonchev–Trinajstić information content (AvgIpc) is 3.15. The first-order chi connectivity index (χ1) is 13.7. The van der Waals surface area contributed by atoms with E-state index in [0.717, 1.165) is 22.2 Å². The number of nitrogens with one attached hydrogen (secondary N) is 1. The average molecular weight is 384 g/mol. The van der Waals surface area contributed by atoms with Gasteiger partial charge < -0.3 is 9.73 Å². The number of carbonyl (C=O) groups excluding carboxylic acids is 1. The van der Waals surface area contributed by atoms with Crippen molar-refractivity contribution in [3.8, 4) is 12.3 Å². The maximum atomic E-state index is 12.8. The number of rotatable bonds is 5. The van der Waals surface area contributed by atoms with Crippen LogP contribution in [0.1, 0.15) is 21.5 Å². The molecule has 0 spiro atoms. The fraction of sp³-hybridized carbons (Fsp3) is 0.0435. The number of thioether (sulfide) groups is 1. The monoisotopic (exact) mass is 384 g/mol. The molecule has 1 heterocycles. The molecule has 0 saturated heterocycles. The van der Waals surface area contributed by atoms with Crippen LogP contribution >= 0.6 is 11.8 Å². The Balaban J connectivity index is 1.51. The molecule has 1 N–H and O–H groups in total. The van der Waals surface area contributed by atoms with Gasteiger partial charge in [-0.2, -0.15) is 0 Å². The predicted molar refractivity (Wildman–Crippen MR) is 112 cm³/mol. The van der Waals surface area contributed by atoms with E-state index in [1.807, 2.05) is 66.7 Å². The third kappa shape index (κ3) is 3.93. The minimum atomic E-state index is -0.178. The van der Waals surface area contributed by atoms with Crippen LogP contribution < -0.4 is 5.32 Å². The van der Waals surface area contributed by atoms with Gasteiger partial charge in [0.05, 0.1) is 0 Å². The lowest BCUT2D eigenvalue weighted by Crippen LogP contribution is -2.14. The van der Waals surface area contributed by atoms with Crippen LogP contribution in [0.5, 0.6) is 0 Å². The molecule has 0 saturated carbocycles. The van der Waals surface area contributed by atoms with E-state index >= 15 is 0 Å². The summed E-state index contributed by atoms with van der Waals surface area (Å²) in [7, 11) is 0. The fourth-order valence-electron chi connectivity index (χ4n) is 2.81. The van der Waals surface area contributed by atoms with E-state index in [4.69, 9.17) is 10.8 Å². The molecular weight excluding hydrogens is 368 g/mol. The van der Waals surface area contributed by atoms with Crippen molar-refractivity contribution in [3.05, 3.63) is 89.5 Å². The number of terminal acetylenes is 1. The number of nitrogens with zero attached hydrogens (tertiary/aromatic N) is 1. The molecular formula is C23H16N2O2S. The zero-order chi connectivity index (χ0) is 19.3. The summed E-state index contributed by atoms with van der Waals surface area (Å²) < 4.78 is 5.74. The summed E-state index contributed by atoms with van der Waals surface area (Å²) in [5.74, 6) is 2.96. The van der Waals surface area contributed by atoms with Crippen molar-refractivity contribution in [1.29, 1.82) is 0 Å². The molecule has 0 fully saturated rings. The Labute approximate surface area is 167 Å². The molecule has 0 aliphatic heterocycles. The van der Waals surface area contributed by atoms with Crippen LogP contribution in [0.4, 0.5) is 5.69 Å². The first kappa shape index (κ1) is 17.9.